The minimum atomic E-state index is -0.405. The van der Waals surface area contributed by atoms with Crippen LogP contribution in [0.25, 0.3) is 10.4 Å². The summed E-state index contributed by atoms with van der Waals surface area (Å²) in [6.45, 7) is 10.8. The smallest absolute Gasteiger partial charge is 0.237 e. The Labute approximate surface area is 217 Å². The Morgan fingerprint density at radius 1 is 1.31 bits per heavy atom. The van der Waals surface area contributed by atoms with Crippen molar-refractivity contribution in [1.29, 1.82) is 0 Å². The van der Waals surface area contributed by atoms with Crippen molar-refractivity contribution in [1.82, 2.24) is 20.4 Å². The fourth-order valence-electron chi connectivity index (χ4n) is 3.86. The molecule has 3 heterocycles. The van der Waals surface area contributed by atoms with Gasteiger partial charge in [-0.05, 0) is 44.9 Å². The molecule has 196 valence electrons. The van der Waals surface area contributed by atoms with Gasteiger partial charge in [-0.1, -0.05) is 50.2 Å². The number of nitrogens with one attached hydrogen (secondary N) is 1. The molecule has 3 unspecified atom stereocenters. The SMILES string of the molecule is CC.CCC(C=O)c1cc(C)no1.Cc1ncsc1-c1ccc(CNC(=O)C2CC(O)CN2C)cc1. The standard InChI is InChI=1S/C17H21N3O2S.C8H11NO2.C2H6/c1-11-16(23-10-19-11)13-5-3-12(4-6-13)8-18-17(22)15-7-14(21)9-20(15)2;1-3-7(5-10)8-4-6(2)9-11-8;1-2/h3-6,10,14-15,21H,7-9H2,1-2H3,(H,18,22);4-5,7H,3H2,1-2H3;1-2H3. The monoisotopic (exact) mass is 514 g/mol. The number of hydrogen-bond acceptors (Lipinski definition) is 8. The normalized spacial score (nSPS) is 17.9. The minimum Gasteiger partial charge on any atom is -0.392 e. The number of likely N-dealkylation sites (N-methyl/N-ethyl adjacent to an activating group) is 1. The molecule has 4 rings (SSSR count). The second kappa shape index (κ2) is 14.6. The summed E-state index contributed by atoms with van der Waals surface area (Å²) < 4.78 is 4.93. The summed E-state index contributed by atoms with van der Waals surface area (Å²) >= 11 is 1.63. The van der Waals surface area contributed by atoms with Gasteiger partial charge in [0.25, 0.3) is 0 Å². The molecule has 0 aliphatic carbocycles. The molecule has 3 aromatic rings. The number of aliphatic hydroxyl groups excluding tert-OH is 1. The van der Waals surface area contributed by atoms with E-state index in [9.17, 15) is 14.7 Å². The average molecular weight is 515 g/mol. The van der Waals surface area contributed by atoms with Crippen LogP contribution >= 0.6 is 11.3 Å². The molecule has 1 amide bonds. The van der Waals surface area contributed by atoms with Crippen molar-refractivity contribution < 1.29 is 19.2 Å². The van der Waals surface area contributed by atoms with E-state index in [1.807, 2.05) is 64.2 Å². The van der Waals surface area contributed by atoms with Crippen LogP contribution in [0.15, 0.2) is 40.4 Å². The zero-order valence-electron chi connectivity index (χ0n) is 22.0. The number of β-amino-alcohol motifs (C(OH)–C–C–N with tert-alkyl or cyclic N) is 1. The fourth-order valence-corrected chi connectivity index (χ4v) is 4.67. The van der Waals surface area contributed by atoms with Gasteiger partial charge in [-0.3, -0.25) is 9.69 Å². The number of nitrogens with zero attached hydrogens (tertiary/aromatic N) is 3. The second-order valence-electron chi connectivity index (χ2n) is 8.55. The van der Waals surface area contributed by atoms with Crippen molar-refractivity contribution in [3.8, 4) is 10.4 Å². The third kappa shape index (κ3) is 8.08. The van der Waals surface area contributed by atoms with E-state index in [0.717, 1.165) is 35.2 Å². The van der Waals surface area contributed by atoms with E-state index >= 15 is 0 Å². The number of aldehydes is 1. The number of carbonyl (C=O) groups is 2. The molecule has 3 atom stereocenters. The summed E-state index contributed by atoms with van der Waals surface area (Å²) in [4.78, 5) is 30.0. The molecule has 0 radical (unpaired) electrons. The van der Waals surface area contributed by atoms with Gasteiger partial charge in [0.05, 0.1) is 39.8 Å². The lowest BCUT2D eigenvalue weighted by molar-refractivity contribution is -0.125. The molecule has 0 spiro atoms. The number of benzene rings is 1. The lowest BCUT2D eigenvalue weighted by Gasteiger charge is -2.18. The molecule has 0 saturated carbocycles. The fraction of sp³-hybridized carbons (Fsp3) is 0.481. The number of likely N-dealkylation sites (tertiary alicyclic amines) is 1. The van der Waals surface area contributed by atoms with E-state index in [4.69, 9.17) is 4.52 Å². The molecular weight excluding hydrogens is 476 g/mol. The molecular formula is C27H38N4O4S. The predicted molar refractivity (Wildman–Crippen MR) is 143 cm³/mol. The second-order valence-corrected chi connectivity index (χ2v) is 9.40. The molecule has 1 fully saturated rings. The Kier molecular flexibility index (Phi) is 11.9. The number of amides is 1. The van der Waals surface area contributed by atoms with Crippen molar-refractivity contribution in [2.24, 2.45) is 0 Å². The van der Waals surface area contributed by atoms with Crippen LogP contribution in [0.5, 0.6) is 0 Å². The molecule has 2 N–H and O–H groups in total. The summed E-state index contributed by atoms with van der Waals surface area (Å²) in [5, 5.41) is 16.3. The number of rotatable bonds is 7. The molecule has 8 nitrogen and oxygen atoms in total. The Morgan fingerprint density at radius 3 is 2.47 bits per heavy atom. The van der Waals surface area contributed by atoms with Gasteiger partial charge >= 0.3 is 0 Å². The van der Waals surface area contributed by atoms with E-state index in [1.54, 1.807) is 17.4 Å². The Balaban J connectivity index is 0.000000295. The first-order chi connectivity index (χ1) is 17.3. The van der Waals surface area contributed by atoms with Crippen LogP contribution in [0, 0.1) is 13.8 Å². The van der Waals surface area contributed by atoms with Crippen LogP contribution in [0.3, 0.4) is 0 Å². The third-order valence-corrected chi connectivity index (χ3v) is 6.85. The zero-order valence-corrected chi connectivity index (χ0v) is 22.8. The van der Waals surface area contributed by atoms with Crippen LogP contribution in [0.2, 0.25) is 0 Å². The van der Waals surface area contributed by atoms with Gasteiger partial charge in [0.15, 0.2) is 0 Å². The van der Waals surface area contributed by atoms with Crippen molar-refractivity contribution in [2.45, 2.75) is 72.1 Å². The molecule has 1 aromatic carbocycles. The highest BCUT2D eigenvalue weighted by molar-refractivity contribution is 7.13. The lowest BCUT2D eigenvalue weighted by atomic mass is 10.1. The quantitative estimate of drug-likeness (QED) is 0.447. The van der Waals surface area contributed by atoms with Gasteiger partial charge in [-0.15, -0.1) is 11.3 Å². The molecule has 0 bridgehead atoms. The summed E-state index contributed by atoms with van der Waals surface area (Å²) in [5.74, 6) is 0.516. The number of hydrogen-bond donors (Lipinski definition) is 2. The topological polar surface area (TPSA) is 109 Å². The maximum absolute atomic E-state index is 12.2. The van der Waals surface area contributed by atoms with Crippen LogP contribution in [0.4, 0.5) is 0 Å². The maximum Gasteiger partial charge on any atom is 0.237 e. The van der Waals surface area contributed by atoms with Crippen LogP contribution in [0.1, 0.15) is 62.2 Å². The van der Waals surface area contributed by atoms with Crippen LogP contribution < -0.4 is 5.32 Å². The van der Waals surface area contributed by atoms with E-state index in [-0.39, 0.29) is 17.9 Å². The summed E-state index contributed by atoms with van der Waals surface area (Å²) in [5.41, 5.74) is 5.93. The number of carbonyl (C=O) groups excluding carboxylic acids is 2. The van der Waals surface area contributed by atoms with Gasteiger partial charge in [-0.2, -0.15) is 0 Å². The van der Waals surface area contributed by atoms with Gasteiger partial charge in [0, 0.05) is 19.2 Å². The van der Waals surface area contributed by atoms with Crippen molar-refractivity contribution >= 4 is 23.5 Å². The first-order valence-electron chi connectivity index (χ1n) is 12.4. The molecule has 2 aromatic heterocycles. The van der Waals surface area contributed by atoms with Gasteiger partial charge in [-0.25, -0.2) is 4.98 Å². The summed E-state index contributed by atoms with van der Waals surface area (Å²) in [6.07, 6.45) is 1.75. The van der Waals surface area contributed by atoms with Crippen LogP contribution in [-0.2, 0) is 16.1 Å². The number of aryl methyl sites for hydroxylation is 2. The van der Waals surface area contributed by atoms with Gasteiger partial charge in [0.1, 0.15) is 12.0 Å². The van der Waals surface area contributed by atoms with Crippen molar-refractivity contribution in [2.75, 3.05) is 13.6 Å². The van der Waals surface area contributed by atoms with E-state index in [1.165, 1.54) is 4.88 Å². The Hall–Kier alpha value is -2.88. The minimum absolute atomic E-state index is 0.0218. The summed E-state index contributed by atoms with van der Waals surface area (Å²) in [7, 11) is 1.87. The highest BCUT2D eigenvalue weighted by atomic mass is 32.1. The molecule has 1 aliphatic rings. The molecule has 9 heteroatoms. The average Bonchev–Trinajstić information content (AvgIpc) is 3.60. The third-order valence-electron chi connectivity index (χ3n) is 5.87. The largest absolute Gasteiger partial charge is 0.392 e. The van der Waals surface area contributed by atoms with Crippen molar-refractivity contribution in [3.63, 3.8) is 0 Å². The maximum atomic E-state index is 12.2. The molecule has 1 aliphatic heterocycles. The van der Waals surface area contributed by atoms with Gasteiger partial charge < -0.3 is 19.7 Å². The zero-order chi connectivity index (χ0) is 26.7. The first kappa shape index (κ1) is 29.4. The Morgan fingerprint density at radius 2 is 2.00 bits per heavy atom. The number of thiazole rings is 1. The number of aromatic nitrogens is 2. The van der Waals surface area contributed by atoms with Crippen LogP contribution in [-0.4, -0.2) is 58.1 Å². The number of aliphatic hydroxyl groups is 1. The van der Waals surface area contributed by atoms with E-state index in [2.05, 4.69) is 27.6 Å². The highest BCUT2D eigenvalue weighted by Gasteiger charge is 2.33. The molecule has 36 heavy (non-hydrogen) atoms. The highest BCUT2D eigenvalue weighted by Crippen LogP contribution is 2.27. The predicted octanol–water partition coefficient (Wildman–Crippen LogP) is 4.50. The van der Waals surface area contributed by atoms with Crippen molar-refractivity contribution in [3.05, 3.63) is 58.6 Å². The summed E-state index contributed by atoms with van der Waals surface area (Å²) in [6, 6.07) is 9.75. The van der Waals surface area contributed by atoms with Gasteiger partial charge in [0.2, 0.25) is 5.91 Å². The van der Waals surface area contributed by atoms with E-state index < -0.39 is 6.10 Å². The first-order valence-corrected chi connectivity index (χ1v) is 13.2. The Bertz CT molecular complexity index is 1080. The molecule has 1 saturated heterocycles. The lowest BCUT2D eigenvalue weighted by Crippen LogP contribution is -2.41. The van der Waals surface area contributed by atoms with E-state index in [0.29, 0.717) is 25.3 Å².